The summed E-state index contributed by atoms with van der Waals surface area (Å²) < 4.78 is 43.0. The van der Waals surface area contributed by atoms with E-state index in [1.54, 1.807) is 13.0 Å². The van der Waals surface area contributed by atoms with Gasteiger partial charge in [0.2, 0.25) is 11.7 Å². The highest BCUT2D eigenvalue weighted by molar-refractivity contribution is 5.38. The first-order valence-corrected chi connectivity index (χ1v) is 8.99. The van der Waals surface area contributed by atoms with Crippen molar-refractivity contribution in [3.63, 3.8) is 0 Å². The Kier molecular flexibility index (Phi) is 5.66. The maximum absolute atomic E-state index is 12.4. The molecule has 2 aliphatic rings. The Balaban J connectivity index is 1.37. The molecule has 0 unspecified atom stereocenters. The molecule has 2 atom stereocenters. The number of likely N-dealkylation sites (tertiary alicyclic amines) is 1. The van der Waals surface area contributed by atoms with Crippen LogP contribution in [0, 0.1) is 31.2 Å². The van der Waals surface area contributed by atoms with Crippen LogP contribution < -0.4 is 4.74 Å². The fraction of sp³-hybridized carbons (Fsp3) is 0.722. The van der Waals surface area contributed by atoms with Crippen LogP contribution in [0.25, 0.3) is 4.85 Å². The van der Waals surface area contributed by atoms with Crippen molar-refractivity contribution >= 4 is 5.82 Å². The molecule has 0 N–H and O–H groups in total. The van der Waals surface area contributed by atoms with Crippen molar-refractivity contribution in [3.05, 3.63) is 23.3 Å². The number of nitrogens with zero attached hydrogens (tertiary/aromatic N) is 4. The Morgan fingerprint density at radius 3 is 2.69 bits per heavy atom. The van der Waals surface area contributed by atoms with Crippen molar-refractivity contribution in [2.24, 2.45) is 17.8 Å². The van der Waals surface area contributed by atoms with Gasteiger partial charge in [0.1, 0.15) is 0 Å². The first-order valence-electron chi connectivity index (χ1n) is 8.99. The number of aryl methyl sites for hydroxylation is 1. The largest absolute Gasteiger partial charge is 0.478 e. The Morgan fingerprint density at radius 1 is 1.31 bits per heavy atom. The average Bonchev–Trinajstić information content (AvgIpc) is 3.33. The van der Waals surface area contributed by atoms with Crippen LogP contribution in [0.3, 0.4) is 0 Å². The molecule has 0 aromatic carbocycles. The minimum absolute atomic E-state index is 0.280. The second-order valence-corrected chi connectivity index (χ2v) is 7.25. The summed E-state index contributed by atoms with van der Waals surface area (Å²) in [5.41, 5.74) is 0. The molecule has 1 aliphatic heterocycles. The van der Waals surface area contributed by atoms with Crippen LogP contribution in [0.5, 0.6) is 5.88 Å². The highest BCUT2D eigenvalue weighted by Gasteiger charge is 2.43. The fourth-order valence-corrected chi connectivity index (χ4v) is 3.94. The summed E-state index contributed by atoms with van der Waals surface area (Å²) >= 11 is 0. The smallest absolute Gasteiger partial charge is 0.401 e. The van der Waals surface area contributed by atoms with Crippen molar-refractivity contribution < 1.29 is 17.9 Å². The topological polar surface area (TPSA) is 42.6 Å². The fourth-order valence-electron chi connectivity index (χ4n) is 3.94. The zero-order chi connectivity index (χ0) is 18.7. The molecule has 1 saturated carbocycles. The Hall–Kier alpha value is -1.88. The molecular weight excluding hydrogens is 345 g/mol. The van der Waals surface area contributed by atoms with Gasteiger partial charge in [0.15, 0.2) is 0 Å². The van der Waals surface area contributed by atoms with Crippen LogP contribution in [0.1, 0.15) is 31.5 Å². The zero-order valence-corrected chi connectivity index (χ0v) is 14.8. The minimum Gasteiger partial charge on any atom is -0.478 e. The van der Waals surface area contributed by atoms with E-state index in [0.717, 1.165) is 25.7 Å². The highest BCUT2D eigenvalue weighted by Crippen LogP contribution is 2.49. The molecule has 142 valence electrons. The highest BCUT2D eigenvalue weighted by atomic mass is 19.4. The molecular formula is C18H23F3N4O. The number of hydrogen-bond acceptors (Lipinski definition) is 4. The van der Waals surface area contributed by atoms with Gasteiger partial charge in [-0.1, -0.05) is 6.57 Å². The molecule has 0 bridgehead atoms. The lowest BCUT2D eigenvalue weighted by molar-refractivity contribution is -0.148. The molecule has 1 aliphatic carbocycles. The number of piperidine rings is 1. The number of aromatic nitrogens is 2. The number of hydrogen-bond donors (Lipinski definition) is 0. The first kappa shape index (κ1) is 18.9. The van der Waals surface area contributed by atoms with Crippen molar-refractivity contribution in [1.29, 1.82) is 0 Å². The van der Waals surface area contributed by atoms with Crippen LogP contribution >= 0.6 is 0 Å². The van der Waals surface area contributed by atoms with Gasteiger partial charge < -0.3 is 9.58 Å². The molecule has 1 aromatic heterocycles. The molecule has 2 heterocycles. The number of ether oxygens (including phenoxy) is 1. The number of halogens is 3. The first-order chi connectivity index (χ1) is 12.3. The third kappa shape index (κ3) is 5.31. The molecule has 0 amide bonds. The van der Waals surface area contributed by atoms with E-state index in [-0.39, 0.29) is 5.82 Å². The van der Waals surface area contributed by atoms with E-state index >= 15 is 0 Å². The van der Waals surface area contributed by atoms with Crippen LogP contribution in [-0.2, 0) is 0 Å². The van der Waals surface area contributed by atoms with E-state index in [0.29, 0.717) is 49.2 Å². The quantitative estimate of drug-likeness (QED) is 0.712. The summed E-state index contributed by atoms with van der Waals surface area (Å²) in [6.07, 6.45) is -0.318. The molecule has 2 fully saturated rings. The maximum atomic E-state index is 12.4. The molecule has 1 aromatic rings. The van der Waals surface area contributed by atoms with Gasteiger partial charge in [0.05, 0.1) is 13.2 Å². The maximum Gasteiger partial charge on any atom is 0.401 e. The molecule has 0 spiro atoms. The molecule has 1 saturated heterocycles. The van der Waals surface area contributed by atoms with Crippen LogP contribution in [0.4, 0.5) is 19.0 Å². The van der Waals surface area contributed by atoms with E-state index in [1.165, 1.54) is 4.90 Å². The lowest BCUT2D eigenvalue weighted by Crippen LogP contribution is -2.40. The number of alkyl halides is 3. The van der Waals surface area contributed by atoms with Gasteiger partial charge in [-0.2, -0.15) is 18.2 Å². The summed E-state index contributed by atoms with van der Waals surface area (Å²) in [6.45, 7) is 9.58. The van der Waals surface area contributed by atoms with Gasteiger partial charge in [0, 0.05) is 13.0 Å². The van der Waals surface area contributed by atoms with E-state index in [1.807, 2.05) is 0 Å². The van der Waals surface area contributed by atoms with Crippen molar-refractivity contribution in [2.75, 3.05) is 26.2 Å². The van der Waals surface area contributed by atoms with Crippen LogP contribution in [0.2, 0.25) is 0 Å². The summed E-state index contributed by atoms with van der Waals surface area (Å²) in [7, 11) is 0. The van der Waals surface area contributed by atoms with Gasteiger partial charge in [-0.25, -0.2) is 0 Å². The Bertz CT molecular complexity index is 665. The second-order valence-electron chi connectivity index (χ2n) is 7.25. The average molecular weight is 368 g/mol. The van der Waals surface area contributed by atoms with Gasteiger partial charge >= 0.3 is 6.18 Å². The minimum atomic E-state index is -4.10. The third-order valence-electron chi connectivity index (χ3n) is 5.27. The molecule has 26 heavy (non-hydrogen) atoms. The lowest BCUT2D eigenvalue weighted by Gasteiger charge is -2.32. The van der Waals surface area contributed by atoms with Crippen molar-refractivity contribution in [3.8, 4) is 5.88 Å². The molecule has 5 nitrogen and oxygen atoms in total. The monoisotopic (exact) mass is 368 g/mol. The molecule has 0 radical (unpaired) electrons. The summed E-state index contributed by atoms with van der Waals surface area (Å²) in [5.74, 6) is 2.99. The lowest BCUT2D eigenvalue weighted by atomic mass is 9.90. The van der Waals surface area contributed by atoms with Gasteiger partial charge in [-0.05, 0) is 56.5 Å². The van der Waals surface area contributed by atoms with E-state index < -0.39 is 12.7 Å². The molecule has 8 heteroatoms. The normalized spacial score (nSPS) is 24.3. The number of rotatable bonds is 6. The van der Waals surface area contributed by atoms with Gasteiger partial charge in [-0.15, -0.1) is 4.98 Å². The van der Waals surface area contributed by atoms with Crippen molar-refractivity contribution in [1.82, 2.24) is 14.9 Å². The van der Waals surface area contributed by atoms with Crippen LogP contribution in [-0.4, -0.2) is 47.3 Å². The summed E-state index contributed by atoms with van der Waals surface area (Å²) in [6, 6.07) is 1.54. The molecule has 3 rings (SSSR count). The second kappa shape index (κ2) is 7.78. The summed E-state index contributed by atoms with van der Waals surface area (Å²) in [5, 5.41) is 0. The summed E-state index contributed by atoms with van der Waals surface area (Å²) in [4.78, 5) is 13.0. The van der Waals surface area contributed by atoms with Gasteiger partial charge in [-0.3, -0.25) is 4.90 Å². The van der Waals surface area contributed by atoms with E-state index in [2.05, 4.69) is 14.8 Å². The predicted molar refractivity (Wildman–Crippen MR) is 90.0 cm³/mol. The Labute approximate surface area is 151 Å². The zero-order valence-electron chi connectivity index (χ0n) is 14.8. The standard InChI is InChI=1S/C18H23F3N4O/c1-12-23-16(22-2)10-17(24-12)26-8-5-14-9-15(14)13-3-6-25(7-4-13)11-18(19,20)21/h10,13-15H,3-9,11H2,1H3/t14-,15-/m1/s1. The van der Waals surface area contributed by atoms with E-state index in [4.69, 9.17) is 11.3 Å². The third-order valence-corrected chi connectivity index (χ3v) is 5.27. The predicted octanol–water partition coefficient (Wildman–Crippen LogP) is 4.02. The van der Waals surface area contributed by atoms with Crippen LogP contribution in [0.15, 0.2) is 6.07 Å². The Morgan fingerprint density at radius 2 is 2.04 bits per heavy atom. The van der Waals surface area contributed by atoms with E-state index in [9.17, 15) is 13.2 Å². The SMILES string of the molecule is [C-]#[N+]c1cc(OCC[C@@H]2C[C@@H]2C2CCN(CC(F)(F)F)CC2)nc(C)n1. The van der Waals surface area contributed by atoms with Gasteiger partial charge in [0.25, 0.3) is 5.82 Å². The van der Waals surface area contributed by atoms with Crippen molar-refractivity contribution in [2.45, 2.75) is 38.8 Å².